The Hall–Kier alpha value is -0.860. The molecule has 0 spiro atoms. The van der Waals surface area contributed by atoms with Crippen molar-refractivity contribution in [1.82, 2.24) is 0 Å². The summed E-state index contributed by atoms with van der Waals surface area (Å²) in [5.41, 5.74) is 0. The van der Waals surface area contributed by atoms with Gasteiger partial charge < -0.3 is 5.11 Å². The second-order valence-corrected chi connectivity index (χ2v) is 2.55. The number of Topliss-reactive ketones (excluding diaryl/α,β-unsaturated/α-hetero) is 1. The molecule has 0 amide bonds. The van der Waals surface area contributed by atoms with Crippen LogP contribution in [0.2, 0.25) is 0 Å². The third-order valence-corrected chi connectivity index (χ3v) is 1.77. The van der Waals surface area contributed by atoms with Crippen LogP contribution in [0.3, 0.4) is 0 Å². The summed E-state index contributed by atoms with van der Waals surface area (Å²) in [6.07, 6.45) is 1.15. The molecule has 0 saturated carbocycles. The first-order chi connectivity index (χ1) is 5.11. The highest BCUT2D eigenvalue weighted by Gasteiger charge is 2.16. The molecule has 64 valence electrons. The Morgan fingerprint density at radius 1 is 1.27 bits per heavy atom. The molecule has 0 fully saturated rings. The average molecular weight is 158 g/mol. The normalized spacial score (nSPS) is 10.1. The summed E-state index contributed by atoms with van der Waals surface area (Å²) >= 11 is 0. The lowest BCUT2D eigenvalue weighted by atomic mass is 9.96. The molecule has 0 rings (SSSR count). The molecule has 3 heteroatoms. The van der Waals surface area contributed by atoms with E-state index in [0.29, 0.717) is 0 Å². The van der Waals surface area contributed by atoms with E-state index < -0.39 is 5.97 Å². The van der Waals surface area contributed by atoms with Crippen LogP contribution in [0.25, 0.3) is 0 Å². The first-order valence-electron chi connectivity index (χ1n) is 3.86. The summed E-state index contributed by atoms with van der Waals surface area (Å²) < 4.78 is 0. The fourth-order valence-corrected chi connectivity index (χ4v) is 1.04. The highest BCUT2D eigenvalue weighted by molar-refractivity contribution is 5.95. The van der Waals surface area contributed by atoms with Crippen molar-refractivity contribution < 1.29 is 14.7 Å². The molecule has 0 aliphatic carbocycles. The van der Waals surface area contributed by atoms with Crippen molar-refractivity contribution in [3.63, 3.8) is 0 Å². The fourth-order valence-electron chi connectivity index (χ4n) is 1.04. The van der Waals surface area contributed by atoms with Gasteiger partial charge in [-0.15, -0.1) is 0 Å². The van der Waals surface area contributed by atoms with Crippen molar-refractivity contribution in [2.24, 2.45) is 5.92 Å². The van der Waals surface area contributed by atoms with E-state index in [4.69, 9.17) is 5.11 Å². The van der Waals surface area contributed by atoms with Crippen LogP contribution in [0, 0.1) is 5.92 Å². The quantitative estimate of drug-likeness (QED) is 0.616. The smallest absolute Gasteiger partial charge is 0.310 e. The van der Waals surface area contributed by atoms with E-state index >= 15 is 0 Å². The summed E-state index contributed by atoms with van der Waals surface area (Å²) in [6, 6.07) is 0. The number of hydrogen-bond donors (Lipinski definition) is 1. The number of ketones is 1. The highest BCUT2D eigenvalue weighted by Crippen LogP contribution is 2.10. The molecule has 0 aromatic rings. The molecule has 0 aromatic carbocycles. The third-order valence-electron chi connectivity index (χ3n) is 1.77. The SMILES string of the molecule is CCC(CC)C(=O)CC(=O)O. The van der Waals surface area contributed by atoms with Crippen molar-refractivity contribution in [2.45, 2.75) is 33.1 Å². The largest absolute Gasteiger partial charge is 0.481 e. The van der Waals surface area contributed by atoms with Gasteiger partial charge >= 0.3 is 5.97 Å². The number of carboxylic acid groups (broad SMARTS) is 1. The van der Waals surface area contributed by atoms with E-state index in [1.54, 1.807) is 0 Å². The van der Waals surface area contributed by atoms with Crippen molar-refractivity contribution in [2.75, 3.05) is 0 Å². The van der Waals surface area contributed by atoms with Crippen molar-refractivity contribution >= 4 is 11.8 Å². The maximum Gasteiger partial charge on any atom is 0.310 e. The minimum Gasteiger partial charge on any atom is -0.481 e. The minimum absolute atomic E-state index is 0.0638. The van der Waals surface area contributed by atoms with Crippen molar-refractivity contribution in [3.05, 3.63) is 0 Å². The lowest BCUT2D eigenvalue weighted by Crippen LogP contribution is -2.16. The second-order valence-electron chi connectivity index (χ2n) is 2.55. The summed E-state index contributed by atoms with van der Waals surface area (Å²) in [4.78, 5) is 21.2. The van der Waals surface area contributed by atoms with E-state index in [0.717, 1.165) is 12.8 Å². The van der Waals surface area contributed by atoms with E-state index in [1.165, 1.54) is 0 Å². The van der Waals surface area contributed by atoms with Gasteiger partial charge in [-0.05, 0) is 12.8 Å². The molecule has 1 N–H and O–H groups in total. The molecular weight excluding hydrogens is 144 g/mol. The van der Waals surface area contributed by atoms with Gasteiger partial charge in [-0.25, -0.2) is 0 Å². The molecule has 0 aliphatic rings. The molecule has 0 heterocycles. The number of hydrogen-bond acceptors (Lipinski definition) is 2. The number of aliphatic carboxylic acids is 1. The molecule has 3 nitrogen and oxygen atoms in total. The Morgan fingerprint density at radius 2 is 1.73 bits per heavy atom. The van der Waals surface area contributed by atoms with Gasteiger partial charge in [0.15, 0.2) is 0 Å². The zero-order chi connectivity index (χ0) is 8.85. The maximum atomic E-state index is 11.0. The zero-order valence-corrected chi connectivity index (χ0v) is 6.96. The topological polar surface area (TPSA) is 54.4 Å². The number of rotatable bonds is 5. The number of carbonyl (C=O) groups is 2. The highest BCUT2D eigenvalue weighted by atomic mass is 16.4. The van der Waals surface area contributed by atoms with Crippen LogP contribution in [0.4, 0.5) is 0 Å². The van der Waals surface area contributed by atoms with Crippen LogP contribution in [0.5, 0.6) is 0 Å². The molecular formula is C8H14O3. The average Bonchev–Trinajstić information content (AvgIpc) is 1.88. The van der Waals surface area contributed by atoms with E-state index in [2.05, 4.69) is 0 Å². The van der Waals surface area contributed by atoms with Gasteiger partial charge in [0.05, 0.1) is 0 Å². The van der Waals surface area contributed by atoms with E-state index in [1.807, 2.05) is 13.8 Å². The minimum atomic E-state index is -1.03. The summed E-state index contributed by atoms with van der Waals surface area (Å²) in [7, 11) is 0. The second kappa shape index (κ2) is 4.88. The zero-order valence-electron chi connectivity index (χ0n) is 6.96. The standard InChI is InChI=1S/C8H14O3/c1-3-6(4-2)7(9)5-8(10)11/h6H,3-5H2,1-2H3,(H,10,11). The van der Waals surface area contributed by atoms with E-state index in [9.17, 15) is 9.59 Å². The first-order valence-corrected chi connectivity index (χ1v) is 3.86. The Balaban J connectivity index is 3.89. The summed E-state index contributed by atoms with van der Waals surface area (Å²) in [5, 5.41) is 8.30. The van der Waals surface area contributed by atoms with Crippen LogP contribution in [-0.4, -0.2) is 16.9 Å². The van der Waals surface area contributed by atoms with Crippen LogP contribution >= 0.6 is 0 Å². The van der Waals surface area contributed by atoms with E-state index in [-0.39, 0.29) is 18.1 Å². The predicted molar refractivity (Wildman–Crippen MR) is 41.3 cm³/mol. The maximum absolute atomic E-state index is 11.0. The van der Waals surface area contributed by atoms with Gasteiger partial charge in [0, 0.05) is 5.92 Å². The molecule has 11 heavy (non-hydrogen) atoms. The fraction of sp³-hybridized carbons (Fsp3) is 0.750. The van der Waals surface area contributed by atoms with Crippen LogP contribution in [0.15, 0.2) is 0 Å². The van der Waals surface area contributed by atoms with Gasteiger partial charge in [0.2, 0.25) is 0 Å². The molecule has 0 atom stereocenters. The van der Waals surface area contributed by atoms with Crippen molar-refractivity contribution in [1.29, 1.82) is 0 Å². The Morgan fingerprint density at radius 3 is 2.00 bits per heavy atom. The molecule has 0 radical (unpaired) electrons. The Kier molecular flexibility index (Phi) is 4.50. The van der Waals surface area contributed by atoms with Crippen molar-refractivity contribution in [3.8, 4) is 0 Å². The molecule has 0 aromatic heterocycles. The molecule has 0 bridgehead atoms. The lowest BCUT2D eigenvalue weighted by molar-refractivity contribution is -0.141. The number of carbonyl (C=O) groups excluding carboxylic acids is 1. The Labute approximate surface area is 66.4 Å². The first kappa shape index (κ1) is 10.1. The van der Waals surface area contributed by atoms with Crippen LogP contribution in [0.1, 0.15) is 33.1 Å². The summed E-state index contributed by atoms with van der Waals surface area (Å²) in [5.74, 6) is -1.24. The van der Waals surface area contributed by atoms with Crippen LogP contribution < -0.4 is 0 Å². The predicted octanol–water partition coefficient (Wildman–Crippen LogP) is 1.47. The van der Waals surface area contributed by atoms with Gasteiger partial charge in [0.1, 0.15) is 12.2 Å². The molecule has 0 unspecified atom stereocenters. The van der Waals surface area contributed by atoms with Gasteiger partial charge in [-0.2, -0.15) is 0 Å². The molecule has 0 aliphatic heterocycles. The Bertz CT molecular complexity index is 147. The molecule has 0 saturated heterocycles. The third kappa shape index (κ3) is 3.75. The summed E-state index contributed by atoms with van der Waals surface area (Å²) in [6.45, 7) is 3.79. The van der Waals surface area contributed by atoms with Crippen LogP contribution in [-0.2, 0) is 9.59 Å². The van der Waals surface area contributed by atoms with Gasteiger partial charge in [-0.3, -0.25) is 9.59 Å². The van der Waals surface area contributed by atoms with Gasteiger partial charge in [0.25, 0.3) is 0 Å². The lowest BCUT2D eigenvalue weighted by Gasteiger charge is -2.07. The monoisotopic (exact) mass is 158 g/mol. The van der Waals surface area contributed by atoms with Gasteiger partial charge in [-0.1, -0.05) is 13.8 Å². The number of carboxylic acids is 1.